The Morgan fingerprint density at radius 1 is 1.47 bits per heavy atom. The van der Waals surface area contributed by atoms with Crippen LogP contribution in [0.1, 0.15) is 42.0 Å². The van der Waals surface area contributed by atoms with Crippen molar-refractivity contribution in [1.29, 1.82) is 0 Å². The molecule has 0 saturated heterocycles. The summed E-state index contributed by atoms with van der Waals surface area (Å²) in [5.41, 5.74) is 7.53. The maximum atomic E-state index is 12.2. The van der Waals surface area contributed by atoms with E-state index in [0.717, 1.165) is 17.8 Å². The van der Waals surface area contributed by atoms with Crippen LogP contribution in [0.3, 0.4) is 0 Å². The Kier molecular flexibility index (Phi) is 3.93. The number of carbonyl (C=O) groups is 1. The van der Waals surface area contributed by atoms with E-state index in [1.54, 1.807) is 4.68 Å². The van der Waals surface area contributed by atoms with Crippen molar-refractivity contribution >= 4 is 5.91 Å². The van der Waals surface area contributed by atoms with Crippen molar-refractivity contribution in [2.75, 3.05) is 6.54 Å². The first-order chi connectivity index (χ1) is 7.78. The Balaban J connectivity index is 2.91. The Morgan fingerprint density at radius 2 is 2.06 bits per heavy atom. The number of nitrogens with one attached hydrogen (secondary N) is 1. The number of nitrogens with two attached hydrogens (primary N) is 1. The average molecular weight is 238 g/mol. The van der Waals surface area contributed by atoms with Crippen LogP contribution >= 0.6 is 0 Å². The van der Waals surface area contributed by atoms with Crippen molar-refractivity contribution in [2.24, 2.45) is 12.8 Å². The smallest absolute Gasteiger partial charge is 0.255 e. The number of nitrogens with zero attached hydrogens (tertiary/aromatic N) is 2. The first-order valence-corrected chi connectivity index (χ1v) is 5.81. The quantitative estimate of drug-likeness (QED) is 0.818. The van der Waals surface area contributed by atoms with Gasteiger partial charge in [0.1, 0.15) is 0 Å². The Hall–Kier alpha value is -1.36. The predicted molar refractivity (Wildman–Crippen MR) is 67.9 cm³/mol. The van der Waals surface area contributed by atoms with E-state index in [4.69, 9.17) is 5.73 Å². The molecule has 0 fully saturated rings. The van der Waals surface area contributed by atoms with E-state index in [9.17, 15) is 4.79 Å². The van der Waals surface area contributed by atoms with E-state index in [2.05, 4.69) is 10.4 Å². The molecule has 1 rings (SSSR count). The van der Waals surface area contributed by atoms with E-state index in [1.807, 2.05) is 34.7 Å². The van der Waals surface area contributed by atoms with Gasteiger partial charge in [-0.15, -0.1) is 0 Å². The summed E-state index contributed by atoms with van der Waals surface area (Å²) in [4.78, 5) is 12.2. The maximum Gasteiger partial charge on any atom is 0.255 e. The Morgan fingerprint density at radius 3 is 2.47 bits per heavy atom. The van der Waals surface area contributed by atoms with Crippen molar-refractivity contribution in [1.82, 2.24) is 15.1 Å². The second-order valence-corrected chi connectivity index (χ2v) is 5.05. The molecule has 0 aliphatic carbocycles. The number of amides is 1. The summed E-state index contributed by atoms with van der Waals surface area (Å²) < 4.78 is 1.72. The molecule has 0 radical (unpaired) electrons. The number of aromatic nitrogens is 2. The molecule has 0 saturated carbocycles. The van der Waals surface area contributed by atoms with E-state index in [1.165, 1.54) is 0 Å². The van der Waals surface area contributed by atoms with Gasteiger partial charge in [0.05, 0.1) is 11.3 Å². The lowest BCUT2D eigenvalue weighted by atomic mass is 10.00. The zero-order valence-corrected chi connectivity index (χ0v) is 11.3. The van der Waals surface area contributed by atoms with Crippen LogP contribution in [0, 0.1) is 13.8 Å². The highest BCUT2D eigenvalue weighted by Crippen LogP contribution is 2.14. The van der Waals surface area contributed by atoms with Crippen LogP contribution < -0.4 is 11.1 Å². The van der Waals surface area contributed by atoms with Crippen molar-refractivity contribution < 1.29 is 4.79 Å². The average Bonchev–Trinajstić information content (AvgIpc) is 2.39. The lowest BCUT2D eigenvalue weighted by molar-refractivity contribution is 0.0909. The zero-order valence-electron chi connectivity index (χ0n) is 11.3. The van der Waals surface area contributed by atoms with Crippen LogP contribution in [-0.4, -0.2) is 27.8 Å². The van der Waals surface area contributed by atoms with Crippen LogP contribution in [-0.2, 0) is 7.05 Å². The summed E-state index contributed by atoms with van der Waals surface area (Å²) in [6, 6.07) is 0. The molecule has 0 unspecified atom stereocenters. The molecule has 0 spiro atoms. The summed E-state index contributed by atoms with van der Waals surface area (Å²) in [6.45, 7) is 8.23. The molecule has 0 atom stereocenters. The highest BCUT2D eigenvalue weighted by atomic mass is 16.1. The summed E-state index contributed by atoms with van der Waals surface area (Å²) in [5, 5.41) is 7.24. The molecule has 3 N–H and O–H groups in total. The number of rotatable bonds is 4. The number of aryl methyl sites for hydroxylation is 2. The SMILES string of the molecule is Cc1nn(C)c(C)c1C(=O)NC(C)(C)CCN. The molecule has 0 aliphatic heterocycles. The van der Waals surface area contributed by atoms with Crippen molar-refractivity contribution in [2.45, 2.75) is 39.7 Å². The summed E-state index contributed by atoms with van der Waals surface area (Å²) in [7, 11) is 1.84. The van der Waals surface area contributed by atoms with Gasteiger partial charge < -0.3 is 11.1 Å². The first kappa shape index (κ1) is 13.7. The van der Waals surface area contributed by atoms with E-state index < -0.39 is 0 Å². The topological polar surface area (TPSA) is 72.9 Å². The van der Waals surface area contributed by atoms with Gasteiger partial charge in [-0.1, -0.05) is 0 Å². The van der Waals surface area contributed by atoms with Crippen molar-refractivity contribution in [3.05, 3.63) is 17.0 Å². The van der Waals surface area contributed by atoms with Crippen LogP contribution in [0.5, 0.6) is 0 Å². The van der Waals surface area contributed by atoms with Gasteiger partial charge in [0.2, 0.25) is 0 Å². The fourth-order valence-corrected chi connectivity index (χ4v) is 1.90. The van der Waals surface area contributed by atoms with E-state index in [-0.39, 0.29) is 11.4 Å². The van der Waals surface area contributed by atoms with Crippen molar-refractivity contribution in [3.63, 3.8) is 0 Å². The second kappa shape index (κ2) is 4.87. The van der Waals surface area contributed by atoms with Gasteiger partial charge in [-0.05, 0) is 40.7 Å². The third-order valence-electron chi connectivity index (χ3n) is 2.96. The number of hydrogen-bond acceptors (Lipinski definition) is 3. The highest BCUT2D eigenvalue weighted by Gasteiger charge is 2.24. The molecular formula is C12H22N4O. The molecule has 5 nitrogen and oxygen atoms in total. The van der Waals surface area contributed by atoms with Crippen molar-refractivity contribution in [3.8, 4) is 0 Å². The highest BCUT2D eigenvalue weighted by molar-refractivity contribution is 5.96. The van der Waals surface area contributed by atoms with Crippen LogP contribution in [0.2, 0.25) is 0 Å². The molecule has 96 valence electrons. The molecule has 0 bridgehead atoms. The molecule has 5 heteroatoms. The molecule has 17 heavy (non-hydrogen) atoms. The lowest BCUT2D eigenvalue weighted by Crippen LogP contribution is -2.45. The van der Waals surface area contributed by atoms with Gasteiger partial charge in [-0.2, -0.15) is 5.10 Å². The number of hydrogen-bond donors (Lipinski definition) is 2. The fraction of sp³-hybridized carbons (Fsp3) is 0.667. The predicted octanol–water partition coefficient (Wildman–Crippen LogP) is 0.894. The summed E-state index contributed by atoms with van der Waals surface area (Å²) in [6.07, 6.45) is 0.747. The van der Waals surface area contributed by atoms with Gasteiger partial charge in [-0.25, -0.2) is 0 Å². The van der Waals surface area contributed by atoms with E-state index in [0.29, 0.717) is 12.1 Å². The second-order valence-electron chi connectivity index (χ2n) is 5.05. The minimum absolute atomic E-state index is 0.0773. The summed E-state index contributed by atoms with van der Waals surface area (Å²) in [5.74, 6) is -0.0773. The van der Waals surface area contributed by atoms with Gasteiger partial charge in [-0.3, -0.25) is 9.48 Å². The minimum Gasteiger partial charge on any atom is -0.347 e. The molecule has 0 aromatic carbocycles. The minimum atomic E-state index is -0.291. The molecule has 1 heterocycles. The van der Waals surface area contributed by atoms with Gasteiger partial charge in [0, 0.05) is 18.3 Å². The largest absolute Gasteiger partial charge is 0.347 e. The van der Waals surface area contributed by atoms with Crippen LogP contribution in [0.15, 0.2) is 0 Å². The van der Waals surface area contributed by atoms with E-state index >= 15 is 0 Å². The normalized spacial score (nSPS) is 11.6. The molecule has 1 aromatic rings. The third kappa shape index (κ3) is 3.06. The van der Waals surface area contributed by atoms with Gasteiger partial charge in [0.15, 0.2) is 0 Å². The molecule has 1 aromatic heterocycles. The third-order valence-corrected chi connectivity index (χ3v) is 2.96. The summed E-state index contributed by atoms with van der Waals surface area (Å²) >= 11 is 0. The van der Waals surface area contributed by atoms with Gasteiger partial charge >= 0.3 is 0 Å². The Bertz CT molecular complexity index is 420. The van der Waals surface area contributed by atoms with Gasteiger partial charge in [0.25, 0.3) is 5.91 Å². The fourth-order valence-electron chi connectivity index (χ4n) is 1.90. The molecular weight excluding hydrogens is 216 g/mol. The Labute approximate surface area is 102 Å². The standard InChI is InChI=1S/C12H22N4O/c1-8-10(9(2)16(5)15-8)11(17)14-12(3,4)6-7-13/h6-7,13H2,1-5H3,(H,14,17). The lowest BCUT2D eigenvalue weighted by Gasteiger charge is -2.25. The number of carbonyl (C=O) groups excluding carboxylic acids is 1. The van der Waals surface area contributed by atoms with Crippen LogP contribution in [0.25, 0.3) is 0 Å². The molecule has 1 amide bonds. The molecule has 0 aliphatic rings. The maximum absolute atomic E-state index is 12.2. The van der Waals surface area contributed by atoms with Crippen LogP contribution in [0.4, 0.5) is 0 Å². The zero-order chi connectivity index (χ0) is 13.2. The first-order valence-electron chi connectivity index (χ1n) is 5.81. The monoisotopic (exact) mass is 238 g/mol.